The molecule has 1 aliphatic rings. The fraction of sp³-hybridized carbons (Fsp3) is 0.227. The summed E-state index contributed by atoms with van der Waals surface area (Å²) in [4.78, 5) is 24.3. The smallest absolute Gasteiger partial charge is 0.225 e. The summed E-state index contributed by atoms with van der Waals surface area (Å²) in [6.07, 6.45) is 0.891. The van der Waals surface area contributed by atoms with E-state index in [4.69, 9.17) is 0 Å². The van der Waals surface area contributed by atoms with Gasteiger partial charge in [0.25, 0.3) is 0 Å². The van der Waals surface area contributed by atoms with E-state index in [1.165, 1.54) is 12.1 Å². The number of benzene rings is 2. The highest BCUT2D eigenvalue weighted by Gasteiger charge is 2.18. The highest BCUT2D eigenvalue weighted by Crippen LogP contribution is 2.24. The number of carbonyl (C=O) groups is 1. The summed E-state index contributed by atoms with van der Waals surface area (Å²) in [6, 6.07) is 18.3. The van der Waals surface area contributed by atoms with E-state index in [1.54, 1.807) is 17.0 Å². The normalized spacial score (nSPS) is 14.0. The van der Waals surface area contributed by atoms with Gasteiger partial charge in [0.05, 0.1) is 5.69 Å². The van der Waals surface area contributed by atoms with Crippen LogP contribution in [-0.4, -0.2) is 47.5 Å². The molecule has 29 heavy (non-hydrogen) atoms. The van der Waals surface area contributed by atoms with E-state index >= 15 is 0 Å². The number of nitrogens with one attached hydrogen (secondary N) is 1. The van der Waals surface area contributed by atoms with Gasteiger partial charge in [-0.05, 0) is 17.7 Å². The molecule has 148 valence electrons. The fourth-order valence-electron chi connectivity index (χ4n) is 3.27. The average molecular weight is 391 g/mol. The van der Waals surface area contributed by atoms with Crippen LogP contribution in [0.25, 0.3) is 11.3 Å². The van der Waals surface area contributed by atoms with Crippen molar-refractivity contribution in [3.05, 3.63) is 72.0 Å². The van der Waals surface area contributed by atoms with E-state index in [9.17, 15) is 9.18 Å². The Morgan fingerprint density at radius 1 is 0.966 bits per heavy atom. The summed E-state index contributed by atoms with van der Waals surface area (Å²) in [5, 5.41) is 3.25. The molecule has 4 rings (SSSR count). The van der Waals surface area contributed by atoms with Gasteiger partial charge in [0, 0.05) is 44.4 Å². The minimum atomic E-state index is -0.257. The minimum absolute atomic E-state index is 0.257. The van der Waals surface area contributed by atoms with Gasteiger partial charge in [-0.15, -0.1) is 0 Å². The maximum atomic E-state index is 13.1. The molecule has 2 aromatic carbocycles. The van der Waals surface area contributed by atoms with Crippen molar-refractivity contribution in [1.29, 1.82) is 0 Å². The van der Waals surface area contributed by atoms with E-state index < -0.39 is 0 Å². The lowest BCUT2D eigenvalue weighted by Gasteiger charge is -2.33. The average Bonchev–Trinajstić information content (AvgIpc) is 2.79. The number of piperazine rings is 1. The van der Waals surface area contributed by atoms with Crippen molar-refractivity contribution in [3.8, 4) is 11.3 Å². The van der Waals surface area contributed by atoms with Crippen LogP contribution in [0.4, 0.5) is 16.2 Å². The molecular weight excluding hydrogens is 369 g/mol. The summed E-state index contributed by atoms with van der Waals surface area (Å²) >= 11 is 0. The highest BCUT2D eigenvalue weighted by atomic mass is 19.1. The van der Waals surface area contributed by atoms with Gasteiger partial charge in [-0.25, -0.2) is 9.37 Å². The van der Waals surface area contributed by atoms with Crippen molar-refractivity contribution in [2.45, 2.75) is 6.54 Å². The summed E-state index contributed by atoms with van der Waals surface area (Å²) < 4.78 is 13.1. The van der Waals surface area contributed by atoms with E-state index in [0.717, 1.165) is 42.1 Å². The lowest BCUT2D eigenvalue weighted by molar-refractivity contribution is -0.118. The van der Waals surface area contributed by atoms with Crippen molar-refractivity contribution < 1.29 is 9.18 Å². The molecule has 0 saturated carbocycles. The third-order valence-electron chi connectivity index (χ3n) is 4.93. The number of amides is 1. The first kappa shape index (κ1) is 18.9. The van der Waals surface area contributed by atoms with Gasteiger partial charge in [-0.3, -0.25) is 4.79 Å². The number of aromatic nitrogens is 2. The van der Waals surface area contributed by atoms with Gasteiger partial charge in [-0.2, -0.15) is 4.98 Å². The third-order valence-corrected chi connectivity index (χ3v) is 4.93. The highest BCUT2D eigenvalue weighted by molar-refractivity contribution is 5.65. The number of rotatable bonds is 6. The second kappa shape index (κ2) is 8.68. The molecule has 1 aliphatic heterocycles. The quantitative estimate of drug-likeness (QED) is 0.654. The maximum absolute atomic E-state index is 13.1. The Balaban J connectivity index is 1.59. The summed E-state index contributed by atoms with van der Waals surface area (Å²) in [5.74, 6) is 1.09. The molecule has 1 aromatic heterocycles. The van der Waals surface area contributed by atoms with E-state index in [2.05, 4.69) is 20.2 Å². The monoisotopic (exact) mass is 391 g/mol. The number of hydrogen-bond donors (Lipinski definition) is 1. The Kier molecular flexibility index (Phi) is 5.65. The molecule has 1 N–H and O–H groups in total. The summed E-state index contributed by atoms with van der Waals surface area (Å²) in [7, 11) is 0. The van der Waals surface area contributed by atoms with Gasteiger partial charge in [-0.1, -0.05) is 42.5 Å². The predicted molar refractivity (Wildman–Crippen MR) is 111 cm³/mol. The topological polar surface area (TPSA) is 61.4 Å². The molecule has 0 radical (unpaired) electrons. The maximum Gasteiger partial charge on any atom is 0.225 e. The minimum Gasteiger partial charge on any atom is -0.353 e. The number of carbonyl (C=O) groups excluding carboxylic acids is 1. The van der Waals surface area contributed by atoms with E-state index in [1.807, 2.05) is 36.4 Å². The molecular formula is C22H22FN5O. The lowest BCUT2D eigenvalue weighted by Crippen LogP contribution is -2.46. The van der Waals surface area contributed by atoms with Crippen LogP contribution in [0.3, 0.4) is 0 Å². The van der Waals surface area contributed by atoms with E-state index in [0.29, 0.717) is 25.6 Å². The molecule has 0 spiro atoms. The van der Waals surface area contributed by atoms with Crippen LogP contribution in [-0.2, 0) is 11.3 Å². The Labute approximate surface area is 169 Å². The second-order valence-electron chi connectivity index (χ2n) is 6.91. The summed E-state index contributed by atoms with van der Waals surface area (Å²) in [6.45, 7) is 3.29. The fourth-order valence-corrected chi connectivity index (χ4v) is 3.27. The molecule has 2 heterocycles. The van der Waals surface area contributed by atoms with Crippen LogP contribution in [0.15, 0.2) is 60.7 Å². The van der Waals surface area contributed by atoms with Gasteiger partial charge < -0.3 is 15.1 Å². The van der Waals surface area contributed by atoms with E-state index in [-0.39, 0.29) is 5.82 Å². The van der Waals surface area contributed by atoms with Crippen molar-refractivity contribution in [2.75, 3.05) is 36.4 Å². The summed E-state index contributed by atoms with van der Waals surface area (Å²) in [5.41, 5.74) is 2.78. The van der Waals surface area contributed by atoms with Crippen LogP contribution in [0.5, 0.6) is 0 Å². The molecule has 0 unspecified atom stereocenters. The first-order valence-electron chi connectivity index (χ1n) is 9.58. The zero-order valence-electron chi connectivity index (χ0n) is 16.0. The van der Waals surface area contributed by atoms with Crippen LogP contribution >= 0.6 is 0 Å². The molecule has 3 aromatic rings. The Hall–Kier alpha value is -3.48. The molecule has 7 heteroatoms. The number of halogens is 1. The Morgan fingerprint density at radius 2 is 1.69 bits per heavy atom. The second-order valence-corrected chi connectivity index (χ2v) is 6.91. The molecule has 1 fully saturated rings. The van der Waals surface area contributed by atoms with Crippen LogP contribution in [0.2, 0.25) is 0 Å². The third kappa shape index (κ3) is 4.68. The first-order valence-corrected chi connectivity index (χ1v) is 9.58. The standard InChI is InChI=1S/C22H22FN5O/c23-19-8-6-17(7-9-19)15-24-22-25-20(18-4-2-1-3-5-18)14-21(26-22)28-12-10-27(16-29)11-13-28/h1-9,14,16H,10-13,15H2,(H,24,25,26). The van der Waals surface area contributed by atoms with Crippen LogP contribution in [0, 0.1) is 5.82 Å². The van der Waals surface area contributed by atoms with Gasteiger partial charge in [0.1, 0.15) is 11.6 Å². The Morgan fingerprint density at radius 3 is 2.38 bits per heavy atom. The zero-order chi connectivity index (χ0) is 20.1. The molecule has 0 aliphatic carbocycles. The number of nitrogens with zero attached hydrogens (tertiary/aromatic N) is 4. The van der Waals surface area contributed by atoms with Gasteiger partial charge in [0.15, 0.2) is 0 Å². The van der Waals surface area contributed by atoms with Crippen molar-refractivity contribution in [2.24, 2.45) is 0 Å². The van der Waals surface area contributed by atoms with Crippen LogP contribution in [0.1, 0.15) is 5.56 Å². The van der Waals surface area contributed by atoms with Crippen molar-refractivity contribution in [1.82, 2.24) is 14.9 Å². The molecule has 0 atom stereocenters. The SMILES string of the molecule is O=CN1CCN(c2cc(-c3ccccc3)nc(NCc3ccc(F)cc3)n2)CC1. The lowest BCUT2D eigenvalue weighted by atomic mass is 10.1. The largest absolute Gasteiger partial charge is 0.353 e. The van der Waals surface area contributed by atoms with Crippen LogP contribution < -0.4 is 10.2 Å². The predicted octanol–water partition coefficient (Wildman–Crippen LogP) is 3.17. The van der Waals surface area contributed by atoms with Gasteiger partial charge in [0.2, 0.25) is 12.4 Å². The van der Waals surface area contributed by atoms with Crippen molar-refractivity contribution >= 4 is 18.2 Å². The van der Waals surface area contributed by atoms with Gasteiger partial charge >= 0.3 is 0 Å². The molecule has 1 saturated heterocycles. The zero-order valence-corrected chi connectivity index (χ0v) is 16.0. The molecule has 6 nitrogen and oxygen atoms in total. The number of anilines is 2. The Bertz CT molecular complexity index is 957. The van der Waals surface area contributed by atoms with Crippen molar-refractivity contribution in [3.63, 3.8) is 0 Å². The first-order chi connectivity index (χ1) is 14.2. The molecule has 1 amide bonds. The molecule has 0 bridgehead atoms. The number of hydrogen-bond acceptors (Lipinski definition) is 5.